The second kappa shape index (κ2) is 18.6. The molecule has 0 rings (SSSR count). The van der Waals surface area contributed by atoms with E-state index >= 15 is 0 Å². The first-order valence-electron chi connectivity index (χ1n) is 7.43. The zero-order valence-corrected chi connectivity index (χ0v) is 12.7. The molecule has 2 heteroatoms. The number of carbonyl (C=O) groups is 1. The lowest BCUT2D eigenvalue weighted by molar-refractivity contribution is -0.134. The van der Waals surface area contributed by atoms with E-state index in [1.807, 2.05) is 0 Å². The summed E-state index contributed by atoms with van der Waals surface area (Å²) in [5.41, 5.74) is 0. The number of unbranched alkanes of at least 4 members (excludes halogenated alkanes) is 9. The molecule has 0 atom stereocenters. The predicted octanol–water partition coefficient (Wildman–Crippen LogP) is 5.27. The van der Waals surface area contributed by atoms with Crippen LogP contribution in [0, 0.1) is 0 Å². The van der Waals surface area contributed by atoms with Gasteiger partial charge in [0.15, 0.2) is 0 Å². The SMILES string of the molecule is C=CC(=O)OC.CCCCCCCCCCCC. The number of rotatable bonds is 10. The second-order valence-electron chi connectivity index (χ2n) is 4.56. The minimum atomic E-state index is -0.394. The van der Waals surface area contributed by atoms with Gasteiger partial charge in [-0.2, -0.15) is 0 Å². The summed E-state index contributed by atoms with van der Waals surface area (Å²) in [4.78, 5) is 9.84. The fraction of sp³-hybridized carbons (Fsp3) is 0.812. The maximum Gasteiger partial charge on any atom is 0.329 e. The Bertz CT molecular complexity index is 166. The number of hydrogen-bond acceptors (Lipinski definition) is 2. The van der Waals surface area contributed by atoms with E-state index in [4.69, 9.17) is 0 Å². The Morgan fingerprint density at radius 3 is 1.39 bits per heavy atom. The molecule has 0 radical (unpaired) electrons. The Hall–Kier alpha value is -0.790. The topological polar surface area (TPSA) is 26.3 Å². The molecule has 18 heavy (non-hydrogen) atoms. The smallest absolute Gasteiger partial charge is 0.329 e. The van der Waals surface area contributed by atoms with E-state index in [9.17, 15) is 4.79 Å². The van der Waals surface area contributed by atoms with Crippen LogP contribution in [-0.2, 0) is 9.53 Å². The molecule has 0 saturated heterocycles. The Morgan fingerprint density at radius 2 is 1.22 bits per heavy atom. The van der Waals surface area contributed by atoms with Crippen molar-refractivity contribution in [1.82, 2.24) is 0 Å². The third kappa shape index (κ3) is 20.6. The predicted molar refractivity (Wildman–Crippen MR) is 79.7 cm³/mol. The Kier molecular flexibility index (Phi) is 20.2. The summed E-state index contributed by atoms with van der Waals surface area (Å²) in [6.07, 6.45) is 15.6. The summed E-state index contributed by atoms with van der Waals surface area (Å²) in [5.74, 6) is -0.394. The molecule has 0 aromatic heterocycles. The van der Waals surface area contributed by atoms with Gasteiger partial charge in [-0.1, -0.05) is 84.6 Å². The first kappa shape index (κ1) is 19.5. The van der Waals surface area contributed by atoms with Crippen molar-refractivity contribution in [2.24, 2.45) is 0 Å². The third-order valence-electron chi connectivity index (χ3n) is 2.82. The number of ether oxygens (including phenoxy) is 1. The summed E-state index contributed by atoms with van der Waals surface area (Å²) in [6, 6.07) is 0. The number of methoxy groups -OCH3 is 1. The van der Waals surface area contributed by atoms with Gasteiger partial charge in [-0.15, -0.1) is 0 Å². The van der Waals surface area contributed by atoms with Crippen LogP contribution >= 0.6 is 0 Å². The maximum absolute atomic E-state index is 9.84. The van der Waals surface area contributed by atoms with Crippen LogP contribution < -0.4 is 0 Å². The quantitative estimate of drug-likeness (QED) is 0.302. The highest BCUT2D eigenvalue weighted by molar-refractivity contribution is 5.80. The van der Waals surface area contributed by atoms with Crippen LogP contribution in [0.3, 0.4) is 0 Å². The number of esters is 1. The zero-order valence-electron chi connectivity index (χ0n) is 12.7. The van der Waals surface area contributed by atoms with Crippen LogP contribution in [0.15, 0.2) is 12.7 Å². The van der Waals surface area contributed by atoms with Crippen molar-refractivity contribution in [2.45, 2.75) is 78.1 Å². The lowest BCUT2D eigenvalue weighted by Gasteiger charge is -1.99. The van der Waals surface area contributed by atoms with Crippen molar-refractivity contribution in [1.29, 1.82) is 0 Å². The molecule has 0 spiro atoms. The van der Waals surface area contributed by atoms with E-state index < -0.39 is 5.97 Å². The minimum Gasteiger partial charge on any atom is -0.466 e. The normalized spacial score (nSPS) is 9.28. The molecule has 0 amide bonds. The molecule has 0 heterocycles. The largest absolute Gasteiger partial charge is 0.466 e. The fourth-order valence-electron chi connectivity index (χ4n) is 1.64. The Labute approximate surface area is 114 Å². The van der Waals surface area contributed by atoms with E-state index in [2.05, 4.69) is 25.2 Å². The van der Waals surface area contributed by atoms with Crippen LogP contribution in [-0.4, -0.2) is 13.1 Å². The summed E-state index contributed by atoms with van der Waals surface area (Å²) in [7, 11) is 1.31. The molecule has 108 valence electrons. The van der Waals surface area contributed by atoms with Crippen molar-refractivity contribution in [3.05, 3.63) is 12.7 Å². The van der Waals surface area contributed by atoms with Crippen molar-refractivity contribution in [3.63, 3.8) is 0 Å². The number of hydrogen-bond donors (Lipinski definition) is 0. The average molecular weight is 256 g/mol. The lowest BCUT2D eigenvalue weighted by atomic mass is 10.1. The fourth-order valence-corrected chi connectivity index (χ4v) is 1.64. The molecule has 0 aliphatic carbocycles. The number of carbonyl (C=O) groups excluding carboxylic acids is 1. The molecule has 0 N–H and O–H groups in total. The van der Waals surface area contributed by atoms with Gasteiger partial charge in [-0.25, -0.2) is 4.79 Å². The molecular weight excluding hydrogens is 224 g/mol. The van der Waals surface area contributed by atoms with Crippen LogP contribution in [0.25, 0.3) is 0 Å². The van der Waals surface area contributed by atoms with E-state index in [0.717, 1.165) is 6.08 Å². The standard InChI is InChI=1S/C12H26.C4H6O2/c1-3-5-7-9-11-12-10-8-6-4-2;1-3-4(5)6-2/h3-12H2,1-2H3;3H,1H2,2H3. The van der Waals surface area contributed by atoms with E-state index in [0.29, 0.717) is 0 Å². The van der Waals surface area contributed by atoms with Crippen molar-refractivity contribution >= 4 is 5.97 Å². The van der Waals surface area contributed by atoms with Gasteiger partial charge in [0, 0.05) is 6.08 Å². The Morgan fingerprint density at radius 1 is 0.889 bits per heavy atom. The van der Waals surface area contributed by atoms with E-state index in [1.165, 1.54) is 71.3 Å². The van der Waals surface area contributed by atoms with Gasteiger partial charge in [0.1, 0.15) is 0 Å². The molecular formula is C16H32O2. The third-order valence-corrected chi connectivity index (χ3v) is 2.82. The molecule has 2 nitrogen and oxygen atoms in total. The lowest BCUT2D eigenvalue weighted by Crippen LogP contribution is -1.91. The first-order chi connectivity index (χ1) is 8.72. The van der Waals surface area contributed by atoms with Crippen molar-refractivity contribution in [3.8, 4) is 0 Å². The van der Waals surface area contributed by atoms with Crippen molar-refractivity contribution in [2.75, 3.05) is 7.11 Å². The highest BCUT2D eigenvalue weighted by Crippen LogP contribution is 2.09. The first-order valence-corrected chi connectivity index (χ1v) is 7.43. The maximum atomic E-state index is 9.84. The molecule has 0 aromatic carbocycles. The van der Waals surface area contributed by atoms with Gasteiger partial charge in [0.25, 0.3) is 0 Å². The van der Waals surface area contributed by atoms with Gasteiger partial charge < -0.3 is 4.74 Å². The highest BCUT2D eigenvalue weighted by Gasteiger charge is 1.90. The molecule has 0 unspecified atom stereocenters. The molecule has 0 bridgehead atoms. The second-order valence-corrected chi connectivity index (χ2v) is 4.56. The highest BCUT2D eigenvalue weighted by atomic mass is 16.5. The van der Waals surface area contributed by atoms with Crippen LogP contribution in [0.1, 0.15) is 78.1 Å². The summed E-state index contributed by atoms with van der Waals surface area (Å²) in [6.45, 7) is 7.71. The van der Waals surface area contributed by atoms with Crippen LogP contribution in [0.4, 0.5) is 0 Å². The van der Waals surface area contributed by atoms with Gasteiger partial charge >= 0.3 is 5.97 Å². The molecule has 0 aromatic rings. The summed E-state index contributed by atoms with van der Waals surface area (Å²) >= 11 is 0. The zero-order chi connectivity index (χ0) is 14.1. The average Bonchev–Trinajstić information content (AvgIpc) is 2.41. The monoisotopic (exact) mass is 256 g/mol. The molecule has 0 saturated carbocycles. The van der Waals surface area contributed by atoms with Gasteiger partial charge in [-0.05, 0) is 0 Å². The van der Waals surface area contributed by atoms with Gasteiger partial charge in [-0.3, -0.25) is 0 Å². The van der Waals surface area contributed by atoms with Gasteiger partial charge in [0.2, 0.25) is 0 Å². The van der Waals surface area contributed by atoms with Crippen LogP contribution in [0.5, 0.6) is 0 Å². The van der Waals surface area contributed by atoms with Crippen LogP contribution in [0.2, 0.25) is 0 Å². The molecule has 0 fully saturated rings. The minimum absolute atomic E-state index is 0.394. The van der Waals surface area contributed by atoms with Crippen molar-refractivity contribution < 1.29 is 9.53 Å². The molecule has 0 aliphatic heterocycles. The summed E-state index contributed by atoms with van der Waals surface area (Å²) < 4.78 is 4.14. The van der Waals surface area contributed by atoms with Gasteiger partial charge in [0.05, 0.1) is 7.11 Å². The summed E-state index contributed by atoms with van der Waals surface area (Å²) in [5, 5.41) is 0. The van der Waals surface area contributed by atoms with E-state index in [-0.39, 0.29) is 0 Å². The Balaban J connectivity index is 0. The molecule has 0 aliphatic rings. The van der Waals surface area contributed by atoms with E-state index in [1.54, 1.807) is 0 Å².